The van der Waals surface area contributed by atoms with Gasteiger partial charge in [-0.15, -0.1) is 12.8 Å². The fraction of sp³-hybridized carbons (Fsp3) is 0.571. The molecule has 0 radical (unpaired) electrons. The van der Waals surface area contributed by atoms with Crippen molar-refractivity contribution in [3.63, 3.8) is 0 Å². The van der Waals surface area contributed by atoms with Crippen LogP contribution in [-0.4, -0.2) is 24.7 Å². The highest BCUT2D eigenvalue weighted by molar-refractivity contribution is 5.32. The van der Waals surface area contributed by atoms with E-state index < -0.39 is 0 Å². The maximum Gasteiger partial charge on any atom is 0.290 e. The Bertz CT molecular complexity index is 69.3. The molecule has 3 nitrogen and oxygen atoms in total. The third-order valence-electron chi connectivity index (χ3n) is 0.957. The molecule has 2 N–H and O–H groups in total. The smallest absolute Gasteiger partial charge is 0.290 e. The van der Waals surface area contributed by atoms with Crippen molar-refractivity contribution in [2.45, 2.75) is 12.8 Å². The molecule has 0 spiro atoms. The second-order valence-corrected chi connectivity index (χ2v) is 1.56. The van der Waals surface area contributed by atoms with Crippen molar-refractivity contribution < 1.29 is 9.90 Å². The zero-order valence-corrected chi connectivity index (χ0v) is 5.92. The van der Waals surface area contributed by atoms with Crippen molar-refractivity contribution in [1.29, 1.82) is 0 Å². The third-order valence-corrected chi connectivity index (χ3v) is 0.957. The van der Waals surface area contributed by atoms with Crippen LogP contribution in [0, 0.1) is 12.8 Å². The van der Waals surface area contributed by atoms with Crippen LogP contribution >= 0.6 is 0 Å². The molecule has 3 heteroatoms. The summed E-state index contributed by atoms with van der Waals surface area (Å²) in [6.07, 6.45) is 10.8. The molecule has 1 rings (SSSR count). The number of carbonyl (C=O) groups is 1. The lowest BCUT2D eigenvalue weighted by molar-refractivity contribution is -0.122. The molecule has 1 aliphatic heterocycles. The predicted octanol–water partition coefficient (Wildman–Crippen LogP) is 0.320. The van der Waals surface area contributed by atoms with E-state index >= 15 is 0 Å². The molecule has 10 heavy (non-hydrogen) atoms. The predicted molar refractivity (Wildman–Crippen MR) is 40.7 cm³/mol. The van der Waals surface area contributed by atoms with E-state index in [0.29, 0.717) is 0 Å². The van der Waals surface area contributed by atoms with Crippen molar-refractivity contribution in [1.82, 2.24) is 5.32 Å². The van der Waals surface area contributed by atoms with Gasteiger partial charge in [0.2, 0.25) is 0 Å². The summed E-state index contributed by atoms with van der Waals surface area (Å²) in [6.45, 7) is 2.25. The minimum Gasteiger partial charge on any atom is -0.483 e. The first-order valence-corrected chi connectivity index (χ1v) is 3.03. The van der Waals surface area contributed by atoms with E-state index in [-0.39, 0.29) is 6.47 Å². The fourth-order valence-electron chi connectivity index (χ4n) is 0.625. The van der Waals surface area contributed by atoms with Gasteiger partial charge < -0.3 is 10.4 Å². The van der Waals surface area contributed by atoms with Gasteiger partial charge in [-0.05, 0) is 25.9 Å². The summed E-state index contributed by atoms with van der Waals surface area (Å²) in [7, 11) is 0. The standard InChI is InChI=1S/C4H9N.C2H2.CH2O2/c1-2-4-5-3-1;1-2;2-1-3/h5H,1-4H2;1-2H;1H,(H,2,3). The molecule has 0 bridgehead atoms. The summed E-state index contributed by atoms with van der Waals surface area (Å²) in [6, 6.07) is 0. The number of hydrogen-bond acceptors (Lipinski definition) is 2. The lowest BCUT2D eigenvalue weighted by Gasteiger charge is -1.76. The Morgan fingerprint density at radius 3 is 1.70 bits per heavy atom. The largest absolute Gasteiger partial charge is 0.483 e. The molecule has 1 fully saturated rings. The van der Waals surface area contributed by atoms with Crippen LogP contribution in [0.4, 0.5) is 0 Å². The molecule has 0 amide bonds. The van der Waals surface area contributed by atoms with E-state index in [2.05, 4.69) is 18.2 Å². The van der Waals surface area contributed by atoms with Gasteiger partial charge in [0, 0.05) is 0 Å². The van der Waals surface area contributed by atoms with Crippen LogP contribution in [0.2, 0.25) is 0 Å². The van der Waals surface area contributed by atoms with Crippen LogP contribution in [0.1, 0.15) is 12.8 Å². The Labute approximate surface area is 61.4 Å². The zero-order valence-electron chi connectivity index (χ0n) is 5.92. The van der Waals surface area contributed by atoms with Gasteiger partial charge in [0.1, 0.15) is 0 Å². The first-order valence-electron chi connectivity index (χ1n) is 3.03. The summed E-state index contributed by atoms with van der Waals surface area (Å²) in [5.74, 6) is 0. The summed E-state index contributed by atoms with van der Waals surface area (Å²) >= 11 is 0. The number of hydrogen-bond donors (Lipinski definition) is 2. The van der Waals surface area contributed by atoms with Crippen molar-refractivity contribution in [3.05, 3.63) is 0 Å². The maximum absolute atomic E-state index is 8.36. The molecule has 0 aromatic carbocycles. The highest BCUT2D eigenvalue weighted by Crippen LogP contribution is 1.90. The number of rotatable bonds is 0. The van der Waals surface area contributed by atoms with Gasteiger partial charge in [-0.1, -0.05) is 0 Å². The lowest BCUT2D eigenvalue weighted by Crippen LogP contribution is -2.03. The van der Waals surface area contributed by atoms with E-state index in [9.17, 15) is 0 Å². The first kappa shape index (κ1) is 11.7. The quantitative estimate of drug-likeness (QED) is 0.379. The average molecular weight is 143 g/mol. The van der Waals surface area contributed by atoms with Crippen LogP contribution in [0.25, 0.3) is 0 Å². The van der Waals surface area contributed by atoms with E-state index in [1.165, 1.54) is 25.9 Å². The molecule has 0 atom stereocenters. The summed E-state index contributed by atoms with van der Waals surface area (Å²) in [4.78, 5) is 8.36. The molecule has 1 aliphatic rings. The van der Waals surface area contributed by atoms with Crippen LogP contribution in [-0.2, 0) is 4.79 Å². The molecule has 1 heterocycles. The minimum absolute atomic E-state index is 0.250. The Kier molecular flexibility index (Phi) is 18.4. The van der Waals surface area contributed by atoms with Gasteiger partial charge in [-0.2, -0.15) is 0 Å². The van der Waals surface area contributed by atoms with Crippen molar-refractivity contribution >= 4 is 6.47 Å². The van der Waals surface area contributed by atoms with Gasteiger partial charge >= 0.3 is 0 Å². The molecule has 0 aromatic heterocycles. The molecule has 0 unspecified atom stereocenters. The van der Waals surface area contributed by atoms with Crippen molar-refractivity contribution in [3.8, 4) is 12.8 Å². The van der Waals surface area contributed by atoms with Gasteiger partial charge in [0.05, 0.1) is 0 Å². The van der Waals surface area contributed by atoms with E-state index in [0.717, 1.165) is 0 Å². The number of carboxylic acid groups (broad SMARTS) is 1. The summed E-state index contributed by atoms with van der Waals surface area (Å²) in [5.41, 5.74) is 0. The highest BCUT2D eigenvalue weighted by atomic mass is 16.3. The lowest BCUT2D eigenvalue weighted by atomic mass is 10.4. The first-order chi connectivity index (χ1) is 4.91. The monoisotopic (exact) mass is 143 g/mol. The van der Waals surface area contributed by atoms with Crippen LogP contribution in [0.15, 0.2) is 0 Å². The molecule has 0 aromatic rings. The normalized spacial score (nSPS) is 13.4. The second kappa shape index (κ2) is 15.7. The zero-order chi connectivity index (χ0) is 8.24. The van der Waals surface area contributed by atoms with Gasteiger partial charge in [0.15, 0.2) is 0 Å². The Balaban J connectivity index is 0. The van der Waals surface area contributed by atoms with Gasteiger partial charge in [0.25, 0.3) is 6.47 Å². The van der Waals surface area contributed by atoms with Crippen LogP contribution in [0.5, 0.6) is 0 Å². The Morgan fingerprint density at radius 1 is 1.30 bits per heavy atom. The molecular formula is C7H13NO2. The van der Waals surface area contributed by atoms with E-state index in [1.807, 2.05) is 0 Å². The molecule has 1 saturated heterocycles. The van der Waals surface area contributed by atoms with E-state index in [1.54, 1.807) is 0 Å². The Morgan fingerprint density at radius 2 is 1.60 bits per heavy atom. The van der Waals surface area contributed by atoms with Crippen molar-refractivity contribution in [2.24, 2.45) is 0 Å². The van der Waals surface area contributed by atoms with Crippen LogP contribution < -0.4 is 5.32 Å². The second-order valence-electron chi connectivity index (χ2n) is 1.56. The highest BCUT2D eigenvalue weighted by Gasteiger charge is 1.93. The molecular weight excluding hydrogens is 130 g/mol. The molecule has 58 valence electrons. The average Bonchev–Trinajstić information content (AvgIpc) is 2.48. The third kappa shape index (κ3) is 15.8. The SMILES string of the molecule is C#C.C1CCNC1.O=CO. The van der Waals surface area contributed by atoms with E-state index in [4.69, 9.17) is 9.90 Å². The maximum atomic E-state index is 8.36. The minimum atomic E-state index is -0.250. The van der Waals surface area contributed by atoms with Crippen LogP contribution in [0.3, 0.4) is 0 Å². The topological polar surface area (TPSA) is 49.3 Å². The molecule has 0 aliphatic carbocycles. The number of nitrogens with one attached hydrogen (secondary N) is 1. The number of terminal acetylenes is 1. The summed E-state index contributed by atoms with van der Waals surface area (Å²) < 4.78 is 0. The molecule has 0 saturated carbocycles. The van der Waals surface area contributed by atoms with Gasteiger partial charge in [-0.25, -0.2) is 0 Å². The van der Waals surface area contributed by atoms with Crippen molar-refractivity contribution in [2.75, 3.05) is 13.1 Å². The fourth-order valence-corrected chi connectivity index (χ4v) is 0.625. The Hall–Kier alpha value is -1.01. The van der Waals surface area contributed by atoms with Gasteiger partial charge in [-0.3, -0.25) is 4.79 Å². The summed E-state index contributed by atoms with van der Waals surface area (Å²) in [5, 5.41) is 10.1.